The van der Waals surface area contributed by atoms with Crippen molar-refractivity contribution in [2.45, 2.75) is 12.5 Å². The molecule has 0 spiro atoms. The van der Waals surface area contributed by atoms with E-state index in [1.807, 2.05) is 28.0 Å². The van der Waals surface area contributed by atoms with Gasteiger partial charge in [0.15, 0.2) is 11.5 Å². The number of rotatable bonds is 1. The third-order valence-corrected chi connectivity index (χ3v) is 4.25. The average molecular weight is 257 g/mol. The second kappa shape index (κ2) is 3.86. The minimum absolute atomic E-state index is 0.102. The van der Waals surface area contributed by atoms with Crippen molar-refractivity contribution in [3.63, 3.8) is 0 Å². The van der Waals surface area contributed by atoms with Gasteiger partial charge in [0.25, 0.3) is 0 Å². The molecule has 0 radical (unpaired) electrons. The number of hydrogen-bond acceptors (Lipinski definition) is 5. The topological polar surface area (TPSA) is 55.1 Å². The van der Waals surface area contributed by atoms with E-state index in [4.69, 9.17) is 0 Å². The maximum Gasteiger partial charge on any atom is 0.177 e. The zero-order valence-corrected chi connectivity index (χ0v) is 10.4. The number of nitrogens with one attached hydrogen (secondary N) is 1. The van der Waals surface area contributed by atoms with Gasteiger partial charge in [-0.05, 0) is 35.6 Å². The number of thiophene rings is 1. The Kier molecular flexibility index (Phi) is 2.18. The van der Waals surface area contributed by atoms with Crippen LogP contribution in [-0.4, -0.2) is 26.4 Å². The van der Waals surface area contributed by atoms with E-state index in [9.17, 15) is 0 Å². The molecule has 3 aromatic rings. The van der Waals surface area contributed by atoms with Gasteiger partial charge in [-0.25, -0.2) is 0 Å². The van der Waals surface area contributed by atoms with Crippen LogP contribution in [0.15, 0.2) is 29.8 Å². The molecule has 1 aliphatic rings. The largest absolute Gasteiger partial charge is 0.303 e. The molecule has 0 aliphatic carbocycles. The first-order chi connectivity index (χ1) is 8.93. The lowest BCUT2D eigenvalue weighted by molar-refractivity contribution is 0.538. The maximum atomic E-state index is 4.33. The fourth-order valence-electron chi connectivity index (χ4n) is 2.42. The first kappa shape index (κ1) is 10.2. The molecular formula is C12H11N5S. The Morgan fingerprint density at radius 3 is 3.33 bits per heavy atom. The highest BCUT2D eigenvalue weighted by molar-refractivity contribution is 7.10. The summed E-state index contributed by atoms with van der Waals surface area (Å²) in [5, 5.41) is 18.4. The number of hydrogen-bond donors (Lipinski definition) is 1. The predicted octanol–water partition coefficient (Wildman–Crippen LogP) is 1.42. The minimum Gasteiger partial charge on any atom is -0.303 e. The van der Waals surface area contributed by atoms with Crippen molar-refractivity contribution in [1.82, 2.24) is 25.1 Å². The summed E-state index contributed by atoms with van der Waals surface area (Å²) in [6.45, 7) is 0.972. The van der Waals surface area contributed by atoms with Crippen molar-refractivity contribution in [3.8, 4) is 0 Å². The molecule has 18 heavy (non-hydrogen) atoms. The molecule has 4 heterocycles. The second-order valence-electron chi connectivity index (χ2n) is 4.29. The summed E-state index contributed by atoms with van der Waals surface area (Å²) in [6, 6.07) is 6.06. The molecule has 0 fully saturated rings. The van der Waals surface area contributed by atoms with E-state index in [1.54, 1.807) is 6.20 Å². The quantitative estimate of drug-likeness (QED) is 0.716. The van der Waals surface area contributed by atoms with E-state index >= 15 is 0 Å². The van der Waals surface area contributed by atoms with Gasteiger partial charge >= 0.3 is 0 Å². The fourth-order valence-corrected chi connectivity index (χ4v) is 3.34. The lowest BCUT2D eigenvalue weighted by atomic mass is 10.0. The summed E-state index contributed by atoms with van der Waals surface area (Å²) in [4.78, 5) is 1.44. The van der Waals surface area contributed by atoms with Crippen molar-refractivity contribution >= 4 is 17.0 Å². The Balaban J connectivity index is 1.90. The van der Waals surface area contributed by atoms with Crippen LogP contribution < -0.4 is 5.32 Å². The molecule has 0 amide bonds. The van der Waals surface area contributed by atoms with Gasteiger partial charge in [0, 0.05) is 17.6 Å². The monoisotopic (exact) mass is 257 g/mol. The van der Waals surface area contributed by atoms with Crippen LogP contribution in [0.3, 0.4) is 0 Å². The highest BCUT2D eigenvalue weighted by atomic mass is 32.1. The molecule has 90 valence electrons. The molecule has 1 N–H and O–H groups in total. The van der Waals surface area contributed by atoms with Gasteiger partial charge < -0.3 is 5.32 Å². The zero-order valence-electron chi connectivity index (χ0n) is 9.58. The Hall–Kier alpha value is -1.79. The van der Waals surface area contributed by atoms with Crippen molar-refractivity contribution in [2.24, 2.45) is 0 Å². The van der Waals surface area contributed by atoms with Crippen LogP contribution in [0, 0.1) is 0 Å². The van der Waals surface area contributed by atoms with Crippen molar-refractivity contribution in [3.05, 3.63) is 46.0 Å². The van der Waals surface area contributed by atoms with E-state index in [-0.39, 0.29) is 6.04 Å². The normalized spacial score (nSPS) is 19.0. The van der Waals surface area contributed by atoms with Crippen molar-refractivity contribution in [2.75, 3.05) is 6.54 Å². The van der Waals surface area contributed by atoms with Gasteiger partial charge in [-0.3, -0.25) is 0 Å². The number of aromatic nitrogens is 4. The summed E-state index contributed by atoms with van der Waals surface area (Å²) < 4.78 is 1.81. The molecule has 0 saturated carbocycles. The third-order valence-electron chi connectivity index (χ3n) is 3.25. The molecule has 1 unspecified atom stereocenters. The lowest BCUT2D eigenvalue weighted by Gasteiger charge is -2.22. The van der Waals surface area contributed by atoms with E-state index < -0.39 is 0 Å². The van der Waals surface area contributed by atoms with Crippen LogP contribution in [0.4, 0.5) is 0 Å². The van der Waals surface area contributed by atoms with Crippen molar-refractivity contribution < 1.29 is 0 Å². The highest BCUT2D eigenvalue weighted by Crippen LogP contribution is 2.30. The molecule has 4 rings (SSSR count). The predicted molar refractivity (Wildman–Crippen MR) is 68.7 cm³/mol. The van der Waals surface area contributed by atoms with Crippen LogP contribution in [0.25, 0.3) is 5.65 Å². The van der Waals surface area contributed by atoms with Gasteiger partial charge in [0.2, 0.25) is 0 Å². The summed E-state index contributed by atoms with van der Waals surface area (Å²) >= 11 is 1.81. The molecular weight excluding hydrogens is 246 g/mol. The third kappa shape index (κ3) is 1.39. The number of nitrogens with zero attached hydrogens (tertiary/aromatic N) is 4. The summed E-state index contributed by atoms with van der Waals surface area (Å²) in [5.74, 6) is 0.866. The molecule has 0 aromatic carbocycles. The average Bonchev–Trinajstić information content (AvgIpc) is 3.05. The maximum absolute atomic E-state index is 4.33. The summed E-state index contributed by atoms with van der Waals surface area (Å²) in [6.07, 6.45) is 2.85. The molecule has 5 nitrogen and oxygen atoms in total. The molecule has 0 bridgehead atoms. The van der Waals surface area contributed by atoms with Crippen LogP contribution >= 0.6 is 11.3 Å². The molecule has 0 saturated heterocycles. The van der Waals surface area contributed by atoms with E-state index in [0.29, 0.717) is 0 Å². The van der Waals surface area contributed by atoms with Gasteiger partial charge in [-0.1, -0.05) is 0 Å². The SMILES string of the molecule is c1cnn2c(C3NCCc4sccc43)nnc2c1. The van der Waals surface area contributed by atoms with Gasteiger partial charge in [-0.15, -0.1) is 21.5 Å². The Morgan fingerprint density at radius 1 is 1.33 bits per heavy atom. The van der Waals surface area contributed by atoms with Gasteiger partial charge in [0.1, 0.15) is 0 Å². The second-order valence-corrected chi connectivity index (χ2v) is 5.29. The first-order valence-electron chi connectivity index (χ1n) is 5.89. The van der Waals surface area contributed by atoms with Crippen LogP contribution in [0.1, 0.15) is 22.3 Å². The summed E-state index contributed by atoms with van der Waals surface area (Å²) in [5.41, 5.74) is 2.10. The first-order valence-corrected chi connectivity index (χ1v) is 6.77. The molecule has 6 heteroatoms. The van der Waals surface area contributed by atoms with Gasteiger partial charge in [-0.2, -0.15) is 9.61 Å². The molecule has 1 aliphatic heterocycles. The molecule has 1 atom stereocenters. The molecule has 3 aromatic heterocycles. The number of fused-ring (bicyclic) bond motifs is 2. The standard InChI is InChI=1S/C12H11N5S/c1-2-10-15-16-12(17(10)14-5-1)11-8-4-7-18-9(8)3-6-13-11/h1-2,4-5,7,11,13H,3,6H2. The van der Waals surface area contributed by atoms with E-state index in [1.165, 1.54) is 10.4 Å². The van der Waals surface area contributed by atoms with Gasteiger partial charge in [0.05, 0.1) is 6.04 Å². The van der Waals surface area contributed by atoms with Crippen LogP contribution in [0.5, 0.6) is 0 Å². The van der Waals surface area contributed by atoms with Crippen LogP contribution in [-0.2, 0) is 6.42 Å². The van der Waals surface area contributed by atoms with E-state index in [0.717, 1.165) is 24.4 Å². The minimum atomic E-state index is 0.102. The summed E-state index contributed by atoms with van der Waals surface area (Å²) in [7, 11) is 0. The lowest BCUT2D eigenvalue weighted by Crippen LogP contribution is -2.31. The fraction of sp³-hybridized carbons (Fsp3) is 0.250. The zero-order chi connectivity index (χ0) is 11.9. The highest BCUT2D eigenvalue weighted by Gasteiger charge is 2.26. The Morgan fingerprint density at radius 2 is 2.33 bits per heavy atom. The van der Waals surface area contributed by atoms with E-state index in [2.05, 4.69) is 32.1 Å². The van der Waals surface area contributed by atoms with Crippen LogP contribution in [0.2, 0.25) is 0 Å². The smallest absolute Gasteiger partial charge is 0.177 e. The Labute approximate surface area is 107 Å². The van der Waals surface area contributed by atoms with Crippen molar-refractivity contribution in [1.29, 1.82) is 0 Å². The Bertz CT molecular complexity index is 701.